The van der Waals surface area contributed by atoms with Crippen LogP contribution in [-0.4, -0.2) is 6.54 Å². The van der Waals surface area contributed by atoms with Crippen LogP contribution in [0.1, 0.15) is 5.56 Å². The van der Waals surface area contributed by atoms with Crippen LogP contribution in [0.15, 0.2) is 57.5 Å². The van der Waals surface area contributed by atoms with Crippen LogP contribution in [0.5, 0.6) is 0 Å². The summed E-state index contributed by atoms with van der Waals surface area (Å²) in [5.74, 6) is 6.21. The molecule has 18 heavy (non-hydrogen) atoms. The number of nitrogens with one attached hydrogen (secondary N) is 1. The van der Waals surface area contributed by atoms with Gasteiger partial charge in [0.2, 0.25) is 0 Å². The average molecular weight is 365 g/mol. The van der Waals surface area contributed by atoms with E-state index in [1.165, 1.54) is 0 Å². The first-order valence-electron chi connectivity index (χ1n) is 5.48. The third-order valence-electron chi connectivity index (χ3n) is 2.30. The maximum Gasteiger partial charge on any atom is 0.0770 e. The van der Waals surface area contributed by atoms with E-state index in [4.69, 9.17) is 0 Å². The van der Waals surface area contributed by atoms with Crippen molar-refractivity contribution in [3.8, 4) is 11.8 Å². The van der Waals surface area contributed by atoms with Gasteiger partial charge in [-0.1, -0.05) is 46.0 Å². The second-order valence-corrected chi connectivity index (χ2v) is 5.42. The molecule has 0 fully saturated rings. The highest BCUT2D eigenvalue weighted by molar-refractivity contribution is 9.11. The first-order valence-corrected chi connectivity index (χ1v) is 7.07. The molecule has 0 aromatic heterocycles. The Kier molecular flexibility index (Phi) is 4.86. The normalized spacial score (nSPS) is 9.44. The molecule has 0 aliphatic rings. The maximum atomic E-state index is 3.50. The highest BCUT2D eigenvalue weighted by Gasteiger charge is 1.98. The minimum atomic E-state index is 0.615. The van der Waals surface area contributed by atoms with Gasteiger partial charge in [0.05, 0.1) is 12.2 Å². The van der Waals surface area contributed by atoms with E-state index in [1.807, 2.05) is 48.5 Å². The van der Waals surface area contributed by atoms with Gasteiger partial charge in [0.25, 0.3) is 0 Å². The number of halogens is 2. The molecule has 2 rings (SSSR count). The molecule has 0 radical (unpaired) electrons. The molecule has 90 valence electrons. The Balaban J connectivity index is 1.97. The smallest absolute Gasteiger partial charge is 0.0770 e. The van der Waals surface area contributed by atoms with Crippen LogP contribution in [0.3, 0.4) is 0 Å². The average Bonchev–Trinajstić information content (AvgIpc) is 2.40. The van der Waals surface area contributed by atoms with E-state index >= 15 is 0 Å². The summed E-state index contributed by atoms with van der Waals surface area (Å²) in [6, 6.07) is 16.0. The Labute approximate surface area is 124 Å². The van der Waals surface area contributed by atoms with Crippen molar-refractivity contribution in [1.82, 2.24) is 0 Å². The fourth-order valence-electron chi connectivity index (χ4n) is 1.44. The van der Waals surface area contributed by atoms with Crippen molar-refractivity contribution in [2.24, 2.45) is 0 Å². The van der Waals surface area contributed by atoms with Crippen LogP contribution >= 0.6 is 31.9 Å². The van der Waals surface area contributed by atoms with Gasteiger partial charge in [0, 0.05) is 14.5 Å². The molecule has 1 N–H and O–H groups in total. The van der Waals surface area contributed by atoms with Gasteiger partial charge >= 0.3 is 0 Å². The predicted molar refractivity (Wildman–Crippen MR) is 83.7 cm³/mol. The Hall–Kier alpha value is -1.24. The van der Waals surface area contributed by atoms with Crippen LogP contribution in [0.2, 0.25) is 0 Å². The zero-order valence-electron chi connectivity index (χ0n) is 9.58. The molecular formula is C15H11Br2N. The highest BCUT2D eigenvalue weighted by Crippen LogP contribution is 2.25. The molecule has 2 aromatic carbocycles. The van der Waals surface area contributed by atoms with Gasteiger partial charge in [-0.05, 0) is 46.3 Å². The molecule has 0 saturated carbocycles. The topological polar surface area (TPSA) is 12.0 Å². The summed E-state index contributed by atoms with van der Waals surface area (Å²) in [5, 5.41) is 3.27. The van der Waals surface area contributed by atoms with E-state index in [1.54, 1.807) is 0 Å². The Morgan fingerprint density at radius 2 is 1.78 bits per heavy atom. The molecule has 0 bridgehead atoms. The maximum absolute atomic E-state index is 3.50. The summed E-state index contributed by atoms with van der Waals surface area (Å²) in [6.45, 7) is 0.615. The fraction of sp³-hybridized carbons (Fsp3) is 0.0667. The minimum Gasteiger partial charge on any atom is -0.373 e. The van der Waals surface area contributed by atoms with Gasteiger partial charge in [-0.3, -0.25) is 0 Å². The largest absolute Gasteiger partial charge is 0.373 e. The van der Waals surface area contributed by atoms with Gasteiger partial charge in [0.1, 0.15) is 0 Å². The van der Waals surface area contributed by atoms with Crippen molar-refractivity contribution in [3.05, 3.63) is 63.0 Å². The quantitative estimate of drug-likeness (QED) is 0.763. The molecule has 0 spiro atoms. The Morgan fingerprint density at radius 1 is 1.00 bits per heavy atom. The van der Waals surface area contributed by atoms with E-state index in [-0.39, 0.29) is 0 Å². The van der Waals surface area contributed by atoms with E-state index in [0.29, 0.717) is 6.54 Å². The number of benzene rings is 2. The SMILES string of the molecule is Brc1ccc(Br)c(NCC#Cc2ccccc2)c1. The number of hydrogen-bond donors (Lipinski definition) is 1. The Bertz CT molecular complexity index is 582. The van der Waals surface area contributed by atoms with E-state index in [2.05, 4.69) is 49.0 Å². The summed E-state index contributed by atoms with van der Waals surface area (Å²) in [6.07, 6.45) is 0. The van der Waals surface area contributed by atoms with Crippen LogP contribution < -0.4 is 5.32 Å². The lowest BCUT2D eigenvalue weighted by atomic mass is 10.2. The summed E-state index contributed by atoms with van der Waals surface area (Å²) >= 11 is 6.94. The number of anilines is 1. The van der Waals surface area contributed by atoms with E-state index < -0.39 is 0 Å². The van der Waals surface area contributed by atoms with Gasteiger partial charge in [-0.25, -0.2) is 0 Å². The van der Waals surface area contributed by atoms with Crippen molar-refractivity contribution < 1.29 is 0 Å². The summed E-state index contributed by atoms with van der Waals surface area (Å²) < 4.78 is 2.08. The second kappa shape index (κ2) is 6.63. The molecule has 0 aliphatic carbocycles. The van der Waals surface area contributed by atoms with E-state index in [0.717, 1.165) is 20.2 Å². The minimum absolute atomic E-state index is 0.615. The molecule has 0 unspecified atom stereocenters. The van der Waals surface area contributed by atoms with Gasteiger partial charge in [0.15, 0.2) is 0 Å². The summed E-state index contributed by atoms with van der Waals surface area (Å²) in [4.78, 5) is 0. The Morgan fingerprint density at radius 3 is 2.56 bits per heavy atom. The monoisotopic (exact) mass is 363 g/mol. The van der Waals surface area contributed by atoms with Crippen molar-refractivity contribution >= 4 is 37.5 Å². The predicted octanol–water partition coefficient (Wildman–Crippen LogP) is 4.68. The van der Waals surface area contributed by atoms with Crippen molar-refractivity contribution in [3.63, 3.8) is 0 Å². The molecule has 0 amide bonds. The first-order chi connectivity index (χ1) is 8.75. The van der Waals surface area contributed by atoms with E-state index in [9.17, 15) is 0 Å². The lowest BCUT2D eigenvalue weighted by Crippen LogP contribution is -1.99. The fourth-order valence-corrected chi connectivity index (χ4v) is 2.19. The summed E-state index contributed by atoms with van der Waals surface area (Å²) in [7, 11) is 0. The van der Waals surface area contributed by atoms with Crippen molar-refractivity contribution in [2.75, 3.05) is 11.9 Å². The van der Waals surface area contributed by atoms with Crippen LogP contribution in [-0.2, 0) is 0 Å². The van der Waals surface area contributed by atoms with Gasteiger partial charge in [-0.15, -0.1) is 0 Å². The van der Waals surface area contributed by atoms with Crippen LogP contribution in [0, 0.1) is 11.8 Å². The first kappa shape index (κ1) is 13.2. The molecule has 0 heterocycles. The highest BCUT2D eigenvalue weighted by atomic mass is 79.9. The molecular weight excluding hydrogens is 354 g/mol. The molecule has 0 aliphatic heterocycles. The van der Waals surface area contributed by atoms with Gasteiger partial charge in [-0.2, -0.15) is 0 Å². The zero-order chi connectivity index (χ0) is 12.8. The second-order valence-electron chi connectivity index (χ2n) is 3.65. The number of hydrogen-bond acceptors (Lipinski definition) is 1. The van der Waals surface area contributed by atoms with Crippen molar-refractivity contribution in [1.29, 1.82) is 0 Å². The molecule has 1 nitrogen and oxygen atoms in total. The third kappa shape index (κ3) is 3.90. The lowest BCUT2D eigenvalue weighted by molar-refractivity contribution is 1.36. The lowest BCUT2D eigenvalue weighted by Gasteiger charge is -2.05. The molecule has 3 heteroatoms. The van der Waals surface area contributed by atoms with Crippen LogP contribution in [0.4, 0.5) is 5.69 Å². The zero-order valence-corrected chi connectivity index (χ0v) is 12.8. The molecule has 0 atom stereocenters. The molecule has 0 saturated heterocycles. The van der Waals surface area contributed by atoms with Gasteiger partial charge < -0.3 is 5.32 Å². The van der Waals surface area contributed by atoms with Crippen molar-refractivity contribution in [2.45, 2.75) is 0 Å². The molecule has 2 aromatic rings. The number of rotatable bonds is 2. The third-order valence-corrected chi connectivity index (χ3v) is 3.49. The van der Waals surface area contributed by atoms with Crippen LogP contribution in [0.25, 0.3) is 0 Å². The standard InChI is InChI=1S/C15H11Br2N/c16-13-8-9-14(17)15(11-13)18-10-4-7-12-5-2-1-3-6-12/h1-3,5-6,8-9,11,18H,10H2. The summed E-state index contributed by atoms with van der Waals surface area (Å²) in [5.41, 5.74) is 2.07.